The van der Waals surface area contributed by atoms with Crippen molar-refractivity contribution in [2.45, 2.75) is 302 Å². The summed E-state index contributed by atoms with van der Waals surface area (Å²) in [6.07, 6.45) is 94.2. The predicted octanol–water partition coefficient (Wildman–Crippen LogP) is 22.4. The number of ether oxygens (including phenoxy) is 2. The molecule has 494 valence electrons. The van der Waals surface area contributed by atoms with E-state index in [1.807, 2.05) is 21.1 Å². The van der Waals surface area contributed by atoms with Crippen LogP contribution in [0.25, 0.3) is 0 Å². The third-order valence-corrected chi connectivity index (χ3v) is 15.9. The van der Waals surface area contributed by atoms with Gasteiger partial charge < -0.3 is 27.9 Å². The Labute approximate surface area is 530 Å². The van der Waals surface area contributed by atoms with Gasteiger partial charge in [0, 0.05) is 12.8 Å². The Morgan fingerprint density at radius 1 is 0.372 bits per heavy atom. The molecule has 0 aliphatic rings. The summed E-state index contributed by atoms with van der Waals surface area (Å²) in [4.78, 5) is 38.1. The van der Waals surface area contributed by atoms with E-state index in [9.17, 15) is 19.0 Å². The number of likely N-dealkylation sites (N-methyl/N-ethyl adjacent to an activating group) is 1. The number of nitrogens with zero attached hydrogens (tertiary/aromatic N) is 1. The molecular formula is C76H132NO8P. The van der Waals surface area contributed by atoms with E-state index in [-0.39, 0.29) is 32.0 Å². The Morgan fingerprint density at radius 3 is 0.988 bits per heavy atom. The molecule has 0 aromatic carbocycles. The van der Waals surface area contributed by atoms with Gasteiger partial charge in [0.25, 0.3) is 7.82 Å². The van der Waals surface area contributed by atoms with Gasteiger partial charge in [-0.25, -0.2) is 0 Å². The minimum atomic E-state index is -4.65. The van der Waals surface area contributed by atoms with Crippen molar-refractivity contribution in [1.29, 1.82) is 0 Å². The fourth-order valence-electron chi connectivity index (χ4n) is 9.59. The van der Waals surface area contributed by atoms with Gasteiger partial charge in [0.05, 0.1) is 27.7 Å². The molecule has 0 bridgehead atoms. The molecule has 0 spiro atoms. The Kier molecular flexibility index (Phi) is 63.1. The van der Waals surface area contributed by atoms with Gasteiger partial charge in [-0.1, -0.05) is 296 Å². The van der Waals surface area contributed by atoms with Gasteiger partial charge in [0.2, 0.25) is 0 Å². The lowest BCUT2D eigenvalue weighted by Gasteiger charge is -2.28. The lowest BCUT2D eigenvalue weighted by atomic mass is 10.0. The first-order valence-electron chi connectivity index (χ1n) is 35.2. The van der Waals surface area contributed by atoms with Crippen molar-refractivity contribution >= 4 is 19.8 Å². The van der Waals surface area contributed by atoms with Crippen LogP contribution in [0.5, 0.6) is 0 Å². The maximum atomic E-state index is 12.9. The number of phosphoric acid groups is 1. The van der Waals surface area contributed by atoms with Gasteiger partial charge in [0.15, 0.2) is 6.10 Å². The molecule has 10 heteroatoms. The molecule has 0 aromatic rings. The van der Waals surface area contributed by atoms with Crippen LogP contribution in [-0.2, 0) is 32.7 Å². The molecule has 0 rings (SSSR count). The second kappa shape index (κ2) is 65.8. The summed E-state index contributed by atoms with van der Waals surface area (Å²) >= 11 is 0. The summed E-state index contributed by atoms with van der Waals surface area (Å²) in [6, 6.07) is 0. The highest BCUT2D eigenvalue weighted by molar-refractivity contribution is 7.45. The molecule has 0 radical (unpaired) electrons. The molecule has 86 heavy (non-hydrogen) atoms. The molecule has 0 aromatic heterocycles. The molecule has 0 saturated carbocycles. The summed E-state index contributed by atoms with van der Waals surface area (Å²) in [5.41, 5.74) is 0. The van der Waals surface area contributed by atoms with Crippen LogP contribution in [0.2, 0.25) is 0 Å². The molecule has 2 unspecified atom stereocenters. The second-order valence-electron chi connectivity index (χ2n) is 24.5. The summed E-state index contributed by atoms with van der Waals surface area (Å²) in [6.45, 7) is 4.12. The smallest absolute Gasteiger partial charge is 0.306 e. The topological polar surface area (TPSA) is 111 Å². The van der Waals surface area contributed by atoms with Gasteiger partial charge in [-0.05, 0) is 109 Å². The lowest BCUT2D eigenvalue weighted by molar-refractivity contribution is -0.870. The molecule has 0 fully saturated rings. The van der Waals surface area contributed by atoms with Crippen LogP contribution in [0.1, 0.15) is 296 Å². The van der Waals surface area contributed by atoms with Crippen LogP contribution in [0, 0.1) is 0 Å². The fraction of sp³-hybridized carbons (Fsp3) is 0.711. The number of quaternary nitrogens is 1. The number of phosphoric ester groups is 1. The van der Waals surface area contributed by atoms with E-state index in [1.54, 1.807) is 0 Å². The van der Waals surface area contributed by atoms with E-state index in [2.05, 4.69) is 135 Å². The zero-order valence-electron chi connectivity index (χ0n) is 56.2. The van der Waals surface area contributed by atoms with Gasteiger partial charge in [0.1, 0.15) is 19.8 Å². The van der Waals surface area contributed by atoms with Gasteiger partial charge >= 0.3 is 11.9 Å². The quantitative estimate of drug-likeness (QED) is 0.0195. The molecule has 0 saturated heterocycles. The van der Waals surface area contributed by atoms with E-state index in [0.29, 0.717) is 17.4 Å². The number of unbranched alkanes of at least 4 members (excludes halogenated alkanes) is 30. The van der Waals surface area contributed by atoms with Crippen molar-refractivity contribution in [2.24, 2.45) is 0 Å². The van der Waals surface area contributed by atoms with Crippen molar-refractivity contribution in [3.05, 3.63) is 122 Å². The van der Waals surface area contributed by atoms with Crippen LogP contribution in [0.3, 0.4) is 0 Å². The Balaban J connectivity index is 4.03. The number of hydrogen-bond acceptors (Lipinski definition) is 8. The zero-order valence-corrected chi connectivity index (χ0v) is 57.1. The monoisotopic (exact) mass is 1220 g/mol. The second-order valence-corrected chi connectivity index (χ2v) is 25.9. The molecule has 9 nitrogen and oxygen atoms in total. The molecule has 0 heterocycles. The molecular weight excluding hydrogens is 1090 g/mol. The summed E-state index contributed by atoms with van der Waals surface area (Å²) in [5.74, 6) is -0.838. The number of esters is 2. The standard InChI is InChI=1S/C76H132NO8P/c1-6-8-10-12-14-16-18-20-22-24-26-28-30-31-32-33-34-35-36-37-38-39-40-41-42-43-44-45-47-49-51-53-55-57-59-61-63-65-67-69-76(79)85-74(73-84-86(80,81)83-71-70-77(3,4)5)72-82-75(78)68-66-64-62-60-58-56-54-52-50-48-46-29-27-25-23-21-19-17-15-13-11-9-7-2/h8,10,14,16,19-22,25-28,31-32,34-35,37-38,46,48,74H,6-7,9,11-13,15,17-18,23-24,29-30,33,36,39-45,47,49-73H2,1-5H3/b10-8-,16-14-,21-19-,22-20-,27-25-,28-26-,32-31-,35-34-,38-37-,48-46-. The van der Waals surface area contributed by atoms with Crippen LogP contribution in [-0.4, -0.2) is 70.0 Å². The summed E-state index contributed by atoms with van der Waals surface area (Å²) in [5, 5.41) is 0. The molecule has 0 aliphatic carbocycles. The van der Waals surface area contributed by atoms with E-state index in [1.165, 1.54) is 154 Å². The van der Waals surface area contributed by atoms with Crippen LogP contribution < -0.4 is 4.89 Å². The SMILES string of the molecule is CC/C=C\C/C=C\C/C=C\C/C=C\C/C=C\C/C=C\C/C=C\CCCCCCCCCCCCCCCCCCCC(=O)OC(COC(=O)CCCCCCCCCC/C=C\C/C=C\C/C=C\CCCCCCC)COP(=O)([O-])OCC[N+](C)(C)C. The van der Waals surface area contributed by atoms with Crippen molar-refractivity contribution in [1.82, 2.24) is 0 Å². The van der Waals surface area contributed by atoms with Crippen LogP contribution in [0.15, 0.2) is 122 Å². The minimum Gasteiger partial charge on any atom is -0.756 e. The van der Waals surface area contributed by atoms with Crippen molar-refractivity contribution < 1.29 is 42.1 Å². The third-order valence-electron chi connectivity index (χ3n) is 15.0. The molecule has 0 aliphatic heterocycles. The van der Waals surface area contributed by atoms with Crippen molar-refractivity contribution in [3.63, 3.8) is 0 Å². The molecule has 2 atom stereocenters. The number of carbonyl (C=O) groups is 2. The highest BCUT2D eigenvalue weighted by Crippen LogP contribution is 2.38. The van der Waals surface area contributed by atoms with Gasteiger partial charge in [-0.2, -0.15) is 0 Å². The van der Waals surface area contributed by atoms with Gasteiger partial charge in [-0.15, -0.1) is 0 Å². The van der Waals surface area contributed by atoms with Crippen molar-refractivity contribution in [2.75, 3.05) is 47.5 Å². The highest BCUT2D eigenvalue weighted by atomic mass is 31.2. The Bertz CT molecular complexity index is 1870. The number of carbonyl (C=O) groups excluding carboxylic acids is 2. The molecule has 0 N–H and O–H groups in total. The number of allylic oxidation sites excluding steroid dienone is 20. The highest BCUT2D eigenvalue weighted by Gasteiger charge is 2.22. The van der Waals surface area contributed by atoms with E-state index < -0.39 is 26.5 Å². The average Bonchev–Trinajstić information content (AvgIpc) is 3.56. The number of rotatable bonds is 64. The fourth-order valence-corrected chi connectivity index (χ4v) is 10.3. The molecule has 0 amide bonds. The maximum absolute atomic E-state index is 12.9. The Hall–Kier alpha value is -3.59. The third kappa shape index (κ3) is 69.5. The lowest BCUT2D eigenvalue weighted by Crippen LogP contribution is -2.37. The van der Waals surface area contributed by atoms with E-state index in [0.717, 1.165) is 109 Å². The maximum Gasteiger partial charge on any atom is 0.306 e. The summed E-state index contributed by atoms with van der Waals surface area (Å²) < 4.78 is 34.3. The van der Waals surface area contributed by atoms with E-state index >= 15 is 0 Å². The Morgan fingerprint density at radius 2 is 0.663 bits per heavy atom. The van der Waals surface area contributed by atoms with Gasteiger partial charge in [-0.3, -0.25) is 14.2 Å². The first kappa shape index (κ1) is 82.4. The predicted molar refractivity (Wildman–Crippen MR) is 369 cm³/mol. The number of hydrogen-bond donors (Lipinski definition) is 0. The largest absolute Gasteiger partial charge is 0.756 e. The zero-order chi connectivity index (χ0) is 62.6. The first-order valence-corrected chi connectivity index (χ1v) is 36.7. The normalized spacial score (nSPS) is 13.9. The first-order chi connectivity index (χ1) is 42.0. The minimum absolute atomic E-state index is 0.0357. The summed E-state index contributed by atoms with van der Waals surface area (Å²) in [7, 11) is 1.16. The van der Waals surface area contributed by atoms with Crippen LogP contribution >= 0.6 is 7.82 Å². The van der Waals surface area contributed by atoms with Crippen LogP contribution in [0.4, 0.5) is 0 Å². The van der Waals surface area contributed by atoms with Crippen molar-refractivity contribution in [3.8, 4) is 0 Å². The average molecular weight is 1220 g/mol. The van der Waals surface area contributed by atoms with E-state index in [4.69, 9.17) is 18.5 Å².